The van der Waals surface area contributed by atoms with Gasteiger partial charge < -0.3 is 10.2 Å². The highest BCUT2D eigenvalue weighted by molar-refractivity contribution is 9.13. The Kier molecular flexibility index (Phi) is 5.96. The zero-order valence-corrected chi connectivity index (χ0v) is 13.8. The van der Waals surface area contributed by atoms with E-state index in [1.165, 1.54) is 47.6 Å². The molecule has 0 radical (unpaired) electrons. The molecule has 0 amide bonds. The summed E-state index contributed by atoms with van der Waals surface area (Å²) < 4.78 is 2.35. The van der Waals surface area contributed by atoms with Gasteiger partial charge in [-0.1, -0.05) is 0 Å². The van der Waals surface area contributed by atoms with Crippen LogP contribution in [0.2, 0.25) is 0 Å². The van der Waals surface area contributed by atoms with Crippen LogP contribution < -0.4 is 5.32 Å². The average molecular weight is 382 g/mol. The molecule has 0 unspecified atom stereocenters. The molecule has 0 aliphatic carbocycles. The molecule has 1 aromatic heterocycles. The highest BCUT2D eigenvalue weighted by atomic mass is 79.9. The highest BCUT2D eigenvalue weighted by Crippen LogP contribution is 2.32. The Balaban J connectivity index is 1.56. The Morgan fingerprint density at radius 1 is 1.29 bits per heavy atom. The summed E-state index contributed by atoms with van der Waals surface area (Å²) in [4.78, 5) is 3.95. The van der Waals surface area contributed by atoms with Crippen LogP contribution in [0.3, 0.4) is 0 Å². The van der Waals surface area contributed by atoms with E-state index in [4.69, 9.17) is 0 Å². The Morgan fingerprint density at radius 2 is 2.06 bits per heavy atom. The summed E-state index contributed by atoms with van der Waals surface area (Å²) in [5.41, 5.74) is 0. The maximum atomic E-state index is 3.52. The van der Waals surface area contributed by atoms with Crippen molar-refractivity contribution in [1.82, 2.24) is 10.2 Å². The highest BCUT2D eigenvalue weighted by Gasteiger charge is 2.10. The minimum atomic E-state index is 0.981. The molecule has 1 aliphatic rings. The smallest absolute Gasteiger partial charge is 0.0843 e. The number of nitrogens with one attached hydrogen (secondary N) is 1. The van der Waals surface area contributed by atoms with Crippen LogP contribution in [0.1, 0.15) is 24.1 Å². The van der Waals surface area contributed by atoms with Crippen molar-refractivity contribution in [2.24, 2.45) is 0 Å². The predicted molar refractivity (Wildman–Crippen MR) is 81.7 cm³/mol. The minimum absolute atomic E-state index is 0.981. The standard InChI is InChI=1S/C12H18Br2N2S/c13-11-8-10(17-12(11)14)9-15-4-3-7-16-5-1-2-6-16/h8,15H,1-7,9H2. The van der Waals surface area contributed by atoms with Crippen LogP contribution in [0.15, 0.2) is 14.3 Å². The summed E-state index contributed by atoms with van der Waals surface area (Å²) in [6.45, 7) is 5.97. The molecule has 1 N–H and O–H groups in total. The molecule has 2 heterocycles. The van der Waals surface area contributed by atoms with Crippen LogP contribution in [0.5, 0.6) is 0 Å². The van der Waals surface area contributed by atoms with Crippen molar-refractivity contribution in [3.63, 3.8) is 0 Å². The lowest BCUT2D eigenvalue weighted by atomic mass is 10.3. The van der Waals surface area contributed by atoms with Gasteiger partial charge in [0.25, 0.3) is 0 Å². The van der Waals surface area contributed by atoms with E-state index in [9.17, 15) is 0 Å². The predicted octanol–water partition coefficient (Wildman–Crippen LogP) is 3.85. The second-order valence-electron chi connectivity index (χ2n) is 4.41. The number of thiophene rings is 1. The third kappa shape index (κ3) is 4.63. The Bertz CT molecular complexity index is 329. The van der Waals surface area contributed by atoms with E-state index in [1.807, 2.05) is 0 Å². The number of halogens is 2. The zero-order valence-electron chi connectivity index (χ0n) is 9.85. The molecule has 0 aromatic carbocycles. The van der Waals surface area contributed by atoms with Crippen molar-refractivity contribution < 1.29 is 0 Å². The van der Waals surface area contributed by atoms with E-state index < -0.39 is 0 Å². The summed E-state index contributed by atoms with van der Waals surface area (Å²) in [5, 5.41) is 3.51. The van der Waals surface area contributed by atoms with E-state index in [-0.39, 0.29) is 0 Å². The molecule has 1 aliphatic heterocycles. The van der Waals surface area contributed by atoms with Gasteiger partial charge in [-0.25, -0.2) is 0 Å². The number of nitrogens with zero attached hydrogens (tertiary/aromatic N) is 1. The first-order chi connectivity index (χ1) is 8.25. The minimum Gasteiger partial charge on any atom is -0.312 e. The van der Waals surface area contributed by atoms with Crippen molar-refractivity contribution in [2.45, 2.75) is 25.8 Å². The van der Waals surface area contributed by atoms with Crippen LogP contribution in [-0.2, 0) is 6.54 Å². The van der Waals surface area contributed by atoms with Gasteiger partial charge in [0.2, 0.25) is 0 Å². The van der Waals surface area contributed by atoms with E-state index in [1.54, 1.807) is 11.3 Å². The number of likely N-dealkylation sites (tertiary alicyclic amines) is 1. The molecule has 2 nitrogen and oxygen atoms in total. The molecule has 1 aromatic rings. The molecular formula is C12H18Br2N2S. The Hall–Kier alpha value is 0.580. The summed E-state index contributed by atoms with van der Waals surface area (Å²) in [7, 11) is 0. The summed E-state index contributed by atoms with van der Waals surface area (Å²) in [5.74, 6) is 0. The lowest BCUT2D eigenvalue weighted by Crippen LogP contribution is -2.24. The first-order valence-electron chi connectivity index (χ1n) is 6.12. The summed E-state index contributed by atoms with van der Waals surface area (Å²) in [6, 6.07) is 2.18. The quantitative estimate of drug-likeness (QED) is 0.753. The molecule has 0 atom stereocenters. The van der Waals surface area contributed by atoms with Crippen molar-refractivity contribution in [1.29, 1.82) is 0 Å². The molecule has 1 saturated heterocycles. The maximum Gasteiger partial charge on any atom is 0.0843 e. The van der Waals surface area contributed by atoms with Gasteiger partial charge in [0.05, 0.1) is 3.79 Å². The first kappa shape index (κ1) is 14.0. The van der Waals surface area contributed by atoms with Gasteiger partial charge in [-0.2, -0.15) is 0 Å². The van der Waals surface area contributed by atoms with Crippen molar-refractivity contribution >= 4 is 43.2 Å². The fourth-order valence-corrected chi connectivity index (χ4v) is 4.27. The largest absolute Gasteiger partial charge is 0.312 e. The molecular weight excluding hydrogens is 364 g/mol. The van der Waals surface area contributed by atoms with Crippen LogP contribution >= 0.6 is 43.2 Å². The molecule has 0 bridgehead atoms. The molecule has 96 valence electrons. The fourth-order valence-electron chi connectivity index (χ4n) is 2.12. The van der Waals surface area contributed by atoms with Crippen LogP contribution in [0, 0.1) is 0 Å². The molecule has 5 heteroatoms. The zero-order chi connectivity index (χ0) is 12.1. The number of hydrogen-bond donors (Lipinski definition) is 1. The normalized spacial score (nSPS) is 16.8. The van der Waals surface area contributed by atoms with Gasteiger partial charge >= 0.3 is 0 Å². The monoisotopic (exact) mass is 380 g/mol. The van der Waals surface area contributed by atoms with Crippen LogP contribution in [0.25, 0.3) is 0 Å². The first-order valence-corrected chi connectivity index (χ1v) is 8.53. The summed E-state index contributed by atoms with van der Waals surface area (Å²) in [6.07, 6.45) is 4.04. The van der Waals surface area contributed by atoms with E-state index >= 15 is 0 Å². The second kappa shape index (κ2) is 7.24. The lowest BCUT2D eigenvalue weighted by Gasteiger charge is -2.14. The van der Waals surface area contributed by atoms with Crippen LogP contribution in [-0.4, -0.2) is 31.1 Å². The number of rotatable bonds is 6. The van der Waals surface area contributed by atoms with E-state index in [2.05, 4.69) is 48.1 Å². The SMILES string of the molecule is Brc1cc(CNCCCN2CCCC2)sc1Br. The second-order valence-corrected chi connectivity index (χ2v) is 7.72. The van der Waals surface area contributed by atoms with Crippen molar-refractivity contribution in [3.05, 3.63) is 19.2 Å². The fraction of sp³-hybridized carbons (Fsp3) is 0.667. The number of hydrogen-bond acceptors (Lipinski definition) is 3. The third-order valence-electron chi connectivity index (χ3n) is 3.02. The topological polar surface area (TPSA) is 15.3 Å². The molecule has 0 spiro atoms. The van der Waals surface area contributed by atoms with Crippen molar-refractivity contribution in [3.8, 4) is 0 Å². The van der Waals surface area contributed by atoms with E-state index in [0.29, 0.717) is 0 Å². The van der Waals surface area contributed by atoms with Gasteiger partial charge in [0, 0.05) is 15.9 Å². The van der Waals surface area contributed by atoms with Gasteiger partial charge in [-0.3, -0.25) is 0 Å². The molecule has 2 rings (SSSR count). The Morgan fingerprint density at radius 3 is 2.71 bits per heavy atom. The third-order valence-corrected chi connectivity index (χ3v) is 6.28. The molecule has 1 fully saturated rings. The molecule has 17 heavy (non-hydrogen) atoms. The summed E-state index contributed by atoms with van der Waals surface area (Å²) >= 11 is 8.83. The molecule has 0 saturated carbocycles. The van der Waals surface area contributed by atoms with Crippen molar-refractivity contribution in [2.75, 3.05) is 26.2 Å². The average Bonchev–Trinajstić information content (AvgIpc) is 2.90. The Labute approximate surface area is 124 Å². The van der Waals surface area contributed by atoms with Gasteiger partial charge in [0.1, 0.15) is 0 Å². The maximum absolute atomic E-state index is 3.52. The van der Waals surface area contributed by atoms with E-state index in [0.717, 1.165) is 17.6 Å². The van der Waals surface area contributed by atoms with Crippen LogP contribution in [0.4, 0.5) is 0 Å². The van der Waals surface area contributed by atoms with Gasteiger partial charge in [-0.15, -0.1) is 11.3 Å². The lowest BCUT2D eigenvalue weighted by molar-refractivity contribution is 0.331. The van der Waals surface area contributed by atoms with Gasteiger partial charge in [0.15, 0.2) is 0 Å². The van der Waals surface area contributed by atoms with Gasteiger partial charge in [-0.05, 0) is 83.4 Å².